The van der Waals surface area contributed by atoms with Gasteiger partial charge in [-0.25, -0.2) is 4.79 Å². The number of imidazole rings is 1. The Morgan fingerprint density at radius 1 is 1.25 bits per heavy atom. The SMILES string of the molecule is CC(C)(CCCn1c(=O)[nH]c2ccccc21)NCC(O)c1cc(O)cc2c1OCC(=O)N2. The highest BCUT2D eigenvalue weighted by molar-refractivity contribution is 5.96. The van der Waals surface area contributed by atoms with Gasteiger partial charge in [-0.15, -0.1) is 0 Å². The first-order valence-corrected chi connectivity index (χ1v) is 10.6. The van der Waals surface area contributed by atoms with Gasteiger partial charge in [-0.1, -0.05) is 12.1 Å². The van der Waals surface area contributed by atoms with Gasteiger partial charge in [0.2, 0.25) is 0 Å². The van der Waals surface area contributed by atoms with Crippen LogP contribution in [0, 0.1) is 0 Å². The van der Waals surface area contributed by atoms with E-state index in [9.17, 15) is 19.8 Å². The topological polar surface area (TPSA) is 129 Å². The van der Waals surface area contributed by atoms with Crippen molar-refractivity contribution in [3.8, 4) is 11.5 Å². The quantitative estimate of drug-likeness (QED) is 0.365. The molecular formula is C23H28N4O5. The van der Waals surface area contributed by atoms with Gasteiger partial charge < -0.3 is 30.6 Å². The van der Waals surface area contributed by atoms with Crippen LogP contribution in [0.5, 0.6) is 11.5 Å². The van der Waals surface area contributed by atoms with E-state index >= 15 is 0 Å². The average molecular weight is 441 g/mol. The van der Waals surface area contributed by atoms with E-state index in [4.69, 9.17) is 4.74 Å². The number of amides is 1. The molecule has 2 aromatic carbocycles. The number of aromatic hydroxyl groups is 1. The normalized spacial score (nSPS) is 14.7. The molecule has 1 aromatic heterocycles. The third-order valence-corrected chi connectivity index (χ3v) is 5.72. The lowest BCUT2D eigenvalue weighted by Crippen LogP contribution is -2.42. The van der Waals surface area contributed by atoms with Crippen LogP contribution in [-0.2, 0) is 11.3 Å². The molecule has 4 rings (SSSR count). The molecule has 0 radical (unpaired) electrons. The number of hydrogen-bond donors (Lipinski definition) is 5. The Balaban J connectivity index is 1.36. The number of benzene rings is 2. The number of phenols is 1. The van der Waals surface area contributed by atoms with Gasteiger partial charge in [-0.05, 0) is 44.9 Å². The summed E-state index contributed by atoms with van der Waals surface area (Å²) in [5.74, 6) is -0.00245. The number of rotatable bonds is 8. The molecule has 2 heterocycles. The molecule has 1 amide bonds. The number of carbonyl (C=O) groups excluding carboxylic acids is 1. The number of para-hydroxylation sites is 2. The lowest BCUT2D eigenvalue weighted by Gasteiger charge is -2.29. The maximum atomic E-state index is 12.2. The van der Waals surface area contributed by atoms with Crippen LogP contribution in [0.3, 0.4) is 0 Å². The van der Waals surface area contributed by atoms with Crippen molar-refractivity contribution in [2.75, 3.05) is 18.5 Å². The van der Waals surface area contributed by atoms with Gasteiger partial charge >= 0.3 is 5.69 Å². The van der Waals surface area contributed by atoms with Crippen molar-refractivity contribution in [3.05, 3.63) is 52.4 Å². The summed E-state index contributed by atoms with van der Waals surface area (Å²) in [5, 5.41) is 26.7. The Kier molecular flexibility index (Phi) is 5.94. The van der Waals surface area contributed by atoms with Crippen LogP contribution >= 0.6 is 0 Å². The number of aliphatic hydroxyl groups is 1. The van der Waals surface area contributed by atoms with Gasteiger partial charge in [0.15, 0.2) is 6.61 Å². The maximum absolute atomic E-state index is 12.2. The standard InChI is InChI=1S/C23H28N4O5/c1-23(2,8-5-9-27-18-7-4-3-6-16(18)26-22(27)31)24-12-19(29)15-10-14(28)11-17-21(15)32-13-20(30)25-17/h3-4,6-7,10-11,19,24,28-29H,5,8-9,12-13H2,1-2H3,(H,25,30)(H,26,31). The Hall–Kier alpha value is -3.30. The first-order chi connectivity index (χ1) is 15.2. The molecule has 0 fully saturated rings. The molecule has 3 aromatic rings. The first-order valence-electron chi connectivity index (χ1n) is 10.6. The molecule has 9 heteroatoms. The molecule has 0 saturated carbocycles. The van der Waals surface area contributed by atoms with Crippen molar-refractivity contribution in [3.63, 3.8) is 0 Å². The molecule has 32 heavy (non-hydrogen) atoms. The summed E-state index contributed by atoms with van der Waals surface area (Å²) in [7, 11) is 0. The lowest BCUT2D eigenvalue weighted by atomic mass is 9.97. The molecule has 0 bridgehead atoms. The molecule has 1 unspecified atom stereocenters. The fourth-order valence-electron chi connectivity index (χ4n) is 4.04. The fourth-order valence-corrected chi connectivity index (χ4v) is 4.04. The molecule has 9 nitrogen and oxygen atoms in total. The van der Waals surface area contributed by atoms with Gasteiger partial charge in [-0.2, -0.15) is 0 Å². The van der Waals surface area contributed by atoms with Crippen molar-refractivity contribution >= 4 is 22.6 Å². The number of anilines is 1. The molecule has 1 aliphatic heterocycles. The highest BCUT2D eigenvalue weighted by atomic mass is 16.5. The number of aryl methyl sites for hydroxylation is 1. The van der Waals surface area contributed by atoms with Gasteiger partial charge in [0, 0.05) is 30.3 Å². The van der Waals surface area contributed by atoms with E-state index in [1.165, 1.54) is 12.1 Å². The molecule has 0 saturated heterocycles. The number of phenolic OH excluding ortho intramolecular Hbond substituents is 1. The molecular weight excluding hydrogens is 412 g/mol. The average Bonchev–Trinajstić information content (AvgIpc) is 3.06. The number of H-pyrrole nitrogens is 1. The van der Waals surface area contributed by atoms with Crippen LogP contribution in [0.1, 0.15) is 38.4 Å². The number of aromatic amines is 1. The Morgan fingerprint density at radius 3 is 2.84 bits per heavy atom. The molecule has 0 aliphatic carbocycles. The van der Waals surface area contributed by atoms with E-state index in [0.717, 1.165) is 23.9 Å². The highest BCUT2D eigenvalue weighted by Crippen LogP contribution is 2.38. The number of fused-ring (bicyclic) bond motifs is 2. The maximum Gasteiger partial charge on any atom is 0.326 e. The Labute approximate surface area is 185 Å². The number of ether oxygens (including phenoxy) is 1. The number of carbonyl (C=O) groups is 1. The van der Waals surface area contributed by atoms with E-state index < -0.39 is 6.10 Å². The highest BCUT2D eigenvalue weighted by Gasteiger charge is 2.26. The Morgan fingerprint density at radius 2 is 2.03 bits per heavy atom. The summed E-state index contributed by atoms with van der Waals surface area (Å²) < 4.78 is 7.22. The van der Waals surface area contributed by atoms with Crippen molar-refractivity contribution in [1.29, 1.82) is 0 Å². The van der Waals surface area contributed by atoms with E-state index in [0.29, 0.717) is 23.5 Å². The van der Waals surface area contributed by atoms with E-state index in [1.54, 1.807) is 4.57 Å². The number of nitrogens with zero attached hydrogens (tertiary/aromatic N) is 1. The van der Waals surface area contributed by atoms with Crippen LogP contribution < -0.4 is 21.1 Å². The van der Waals surface area contributed by atoms with Crippen LogP contribution in [0.15, 0.2) is 41.2 Å². The summed E-state index contributed by atoms with van der Waals surface area (Å²) in [6.45, 7) is 4.75. The summed E-state index contributed by atoms with van der Waals surface area (Å²) >= 11 is 0. The van der Waals surface area contributed by atoms with Crippen LogP contribution in [-0.4, -0.2) is 44.4 Å². The number of β-amino-alcohol motifs (C(OH)–C–C–N with tert-alkyl or cyclic N) is 1. The smallest absolute Gasteiger partial charge is 0.326 e. The molecule has 5 N–H and O–H groups in total. The van der Waals surface area contributed by atoms with Gasteiger partial charge in [0.1, 0.15) is 11.5 Å². The van der Waals surface area contributed by atoms with E-state index in [2.05, 4.69) is 15.6 Å². The monoisotopic (exact) mass is 440 g/mol. The molecule has 0 spiro atoms. The first kappa shape index (κ1) is 21.9. The van der Waals surface area contributed by atoms with E-state index in [-0.39, 0.29) is 36.0 Å². The van der Waals surface area contributed by atoms with Crippen molar-refractivity contribution in [2.45, 2.75) is 44.9 Å². The molecule has 1 atom stereocenters. The minimum absolute atomic E-state index is 0.0629. The third-order valence-electron chi connectivity index (χ3n) is 5.72. The van der Waals surface area contributed by atoms with Crippen molar-refractivity contribution in [1.82, 2.24) is 14.9 Å². The Bertz CT molecular complexity index is 1200. The molecule has 1 aliphatic rings. The zero-order valence-corrected chi connectivity index (χ0v) is 18.1. The van der Waals surface area contributed by atoms with Crippen molar-refractivity contribution < 1.29 is 19.7 Å². The summed E-state index contributed by atoms with van der Waals surface area (Å²) in [5.41, 5.74) is 2.05. The minimum Gasteiger partial charge on any atom is -0.508 e. The minimum atomic E-state index is -0.943. The van der Waals surface area contributed by atoms with Gasteiger partial charge in [0.05, 0.1) is 22.8 Å². The van der Waals surface area contributed by atoms with Crippen molar-refractivity contribution in [2.24, 2.45) is 0 Å². The zero-order chi connectivity index (χ0) is 22.9. The van der Waals surface area contributed by atoms with Crippen LogP contribution in [0.2, 0.25) is 0 Å². The van der Waals surface area contributed by atoms with E-state index in [1.807, 2.05) is 38.1 Å². The zero-order valence-electron chi connectivity index (χ0n) is 18.1. The van der Waals surface area contributed by atoms with Crippen LogP contribution in [0.25, 0.3) is 11.0 Å². The number of aromatic nitrogens is 2. The van der Waals surface area contributed by atoms with Gasteiger partial charge in [0.25, 0.3) is 5.91 Å². The lowest BCUT2D eigenvalue weighted by molar-refractivity contribution is -0.118. The summed E-state index contributed by atoms with van der Waals surface area (Å²) in [6, 6.07) is 10.5. The second kappa shape index (κ2) is 8.68. The summed E-state index contributed by atoms with van der Waals surface area (Å²) in [4.78, 5) is 26.6. The van der Waals surface area contributed by atoms with Gasteiger partial charge in [-0.3, -0.25) is 9.36 Å². The number of hydrogen-bond acceptors (Lipinski definition) is 6. The predicted molar refractivity (Wildman–Crippen MR) is 121 cm³/mol. The second-order valence-electron chi connectivity index (χ2n) is 8.73. The van der Waals surface area contributed by atoms with Crippen LogP contribution in [0.4, 0.5) is 5.69 Å². The number of nitrogens with one attached hydrogen (secondary N) is 3. The number of aliphatic hydroxyl groups excluding tert-OH is 1. The largest absolute Gasteiger partial charge is 0.508 e. The predicted octanol–water partition coefficient (Wildman–Crippen LogP) is 2.25. The fraction of sp³-hybridized carbons (Fsp3) is 0.391. The second-order valence-corrected chi connectivity index (χ2v) is 8.73. The summed E-state index contributed by atoms with van der Waals surface area (Å²) in [6.07, 6.45) is 0.603. The third kappa shape index (κ3) is 4.63. The molecule has 170 valence electrons.